The highest BCUT2D eigenvalue weighted by Crippen LogP contribution is 2.16. The van der Waals surface area contributed by atoms with Crippen LogP contribution in [0.2, 0.25) is 0 Å². The lowest BCUT2D eigenvalue weighted by Crippen LogP contribution is -2.45. The average molecular weight is 267 g/mol. The minimum atomic E-state index is 0.0496. The molecule has 0 aromatic heterocycles. The maximum Gasteiger partial charge on any atom is 0.240 e. The Kier molecular flexibility index (Phi) is 5.22. The SMILES string of the molecule is CC(C)CC1NCN(CC(C)N2CCCCC2)C1=O. The van der Waals surface area contributed by atoms with Gasteiger partial charge in [0.2, 0.25) is 5.91 Å². The molecule has 2 aliphatic rings. The predicted octanol–water partition coefficient (Wildman–Crippen LogP) is 1.66. The number of piperidine rings is 1. The van der Waals surface area contributed by atoms with E-state index in [2.05, 4.69) is 31.0 Å². The van der Waals surface area contributed by atoms with Crippen molar-refractivity contribution >= 4 is 5.91 Å². The second kappa shape index (κ2) is 6.71. The molecule has 1 N–H and O–H groups in total. The van der Waals surface area contributed by atoms with Crippen LogP contribution in [0.4, 0.5) is 0 Å². The highest BCUT2D eigenvalue weighted by atomic mass is 16.2. The second-order valence-corrected chi connectivity index (χ2v) is 6.55. The summed E-state index contributed by atoms with van der Waals surface area (Å²) in [6.07, 6.45) is 4.94. The smallest absolute Gasteiger partial charge is 0.240 e. The molecule has 0 bridgehead atoms. The summed E-state index contributed by atoms with van der Waals surface area (Å²) in [6, 6.07) is 0.539. The average Bonchev–Trinajstić information content (AvgIpc) is 2.72. The first-order chi connectivity index (χ1) is 9.08. The van der Waals surface area contributed by atoms with Crippen molar-refractivity contribution in [3.8, 4) is 0 Å². The summed E-state index contributed by atoms with van der Waals surface area (Å²) in [6.45, 7) is 10.6. The Labute approximate surface area is 117 Å². The molecule has 1 amide bonds. The molecule has 110 valence electrons. The van der Waals surface area contributed by atoms with Crippen LogP contribution >= 0.6 is 0 Å². The van der Waals surface area contributed by atoms with Gasteiger partial charge in [0.1, 0.15) is 0 Å². The first-order valence-electron chi connectivity index (χ1n) is 7.84. The molecular formula is C15H29N3O. The van der Waals surface area contributed by atoms with Gasteiger partial charge in [0.05, 0.1) is 12.7 Å². The third-order valence-corrected chi connectivity index (χ3v) is 4.34. The number of amides is 1. The van der Waals surface area contributed by atoms with Crippen LogP contribution in [-0.2, 0) is 4.79 Å². The molecule has 2 heterocycles. The van der Waals surface area contributed by atoms with Crippen LogP contribution in [-0.4, -0.2) is 54.1 Å². The molecule has 4 heteroatoms. The molecule has 2 unspecified atom stereocenters. The van der Waals surface area contributed by atoms with Gasteiger partial charge in [-0.3, -0.25) is 15.0 Å². The maximum atomic E-state index is 12.3. The van der Waals surface area contributed by atoms with Gasteiger partial charge < -0.3 is 4.90 Å². The number of hydrogen-bond acceptors (Lipinski definition) is 3. The van der Waals surface area contributed by atoms with E-state index in [4.69, 9.17) is 0 Å². The molecule has 19 heavy (non-hydrogen) atoms. The van der Waals surface area contributed by atoms with Gasteiger partial charge in [0.15, 0.2) is 0 Å². The molecule has 0 aromatic rings. The molecular weight excluding hydrogens is 238 g/mol. The first-order valence-corrected chi connectivity index (χ1v) is 7.84. The lowest BCUT2D eigenvalue weighted by atomic mass is 10.0. The minimum Gasteiger partial charge on any atom is -0.327 e. The molecule has 2 atom stereocenters. The van der Waals surface area contributed by atoms with Crippen LogP contribution in [0.25, 0.3) is 0 Å². The van der Waals surface area contributed by atoms with E-state index in [1.807, 2.05) is 4.90 Å². The van der Waals surface area contributed by atoms with Crippen molar-refractivity contribution in [1.82, 2.24) is 15.1 Å². The summed E-state index contributed by atoms with van der Waals surface area (Å²) >= 11 is 0. The quantitative estimate of drug-likeness (QED) is 0.823. The van der Waals surface area contributed by atoms with Gasteiger partial charge in [0, 0.05) is 12.6 Å². The Balaban J connectivity index is 1.81. The van der Waals surface area contributed by atoms with Crippen LogP contribution in [0.1, 0.15) is 46.5 Å². The Hall–Kier alpha value is -0.610. The molecule has 2 saturated heterocycles. The van der Waals surface area contributed by atoms with E-state index >= 15 is 0 Å². The number of rotatable bonds is 5. The highest BCUT2D eigenvalue weighted by Gasteiger charge is 2.32. The molecule has 2 aliphatic heterocycles. The Morgan fingerprint density at radius 1 is 1.21 bits per heavy atom. The van der Waals surface area contributed by atoms with E-state index in [9.17, 15) is 4.79 Å². The van der Waals surface area contributed by atoms with Crippen molar-refractivity contribution in [2.24, 2.45) is 5.92 Å². The van der Waals surface area contributed by atoms with Crippen molar-refractivity contribution < 1.29 is 4.79 Å². The zero-order chi connectivity index (χ0) is 13.8. The molecule has 0 radical (unpaired) electrons. The molecule has 2 fully saturated rings. The van der Waals surface area contributed by atoms with Gasteiger partial charge in [-0.2, -0.15) is 0 Å². The zero-order valence-electron chi connectivity index (χ0n) is 12.7. The van der Waals surface area contributed by atoms with Gasteiger partial charge in [-0.05, 0) is 45.2 Å². The lowest BCUT2D eigenvalue weighted by molar-refractivity contribution is -0.129. The Morgan fingerprint density at radius 2 is 1.89 bits per heavy atom. The number of nitrogens with zero attached hydrogens (tertiary/aromatic N) is 2. The molecule has 0 aromatic carbocycles. The van der Waals surface area contributed by atoms with Gasteiger partial charge in [-0.25, -0.2) is 0 Å². The van der Waals surface area contributed by atoms with Crippen molar-refractivity contribution in [3.63, 3.8) is 0 Å². The fraction of sp³-hybridized carbons (Fsp3) is 0.933. The predicted molar refractivity (Wildman–Crippen MR) is 77.8 cm³/mol. The number of nitrogens with one attached hydrogen (secondary N) is 1. The fourth-order valence-corrected chi connectivity index (χ4v) is 3.21. The van der Waals surface area contributed by atoms with Crippen LogP contribution in [0.5, 0.6) is 0 Å². The van der Waals surface area contributed by atoms with Crippen molar-refractivity contribution in [3.05, 3.63) is 0 Å². The molecule has 4 nitrogen and oxygen atoms in total. The molecule has 0 saturated carbocycles. The van der Waals surface area contributed by atoms with Gasteiger partial charge in [0.25, 0.3) is 0 Å². The standard InChI is InChI=1S/C15H29N3O/c1-12(2)9-14-15(19)18(11-16-14)10-13(3)17-7-5-4-6-8-17/h12-14,16H,4-11H2,1-3H3. The highest BCUT2D eigenvalue weighted by molar-refractivity contribution is 5.83. The summed E-state index contributed by atoms with van der Waals surface area (Å²) in [7, 11) is 0. The number of hydrogen-bond donors (Lipinski definition) is 1. The summed E-state index contributed by atoms with van der Waals surface area (Å²) in [5, 5.41) is 3.35. The van der Waals surface area contributed by atoms with E-state index in [1.54, 1.807) is 0 Å². The molecule has 0 aliphatic carbocycles. The van der Waals surface area contributed by atoms with Gasteiger partial charge in [-0.15, -0.1) is 0 Å². The zero-order valence-corrected chi connectivity index (χ0v) is 12.7. The van der Waals surface area contributed by atoms with Gasteiger partial charge in [-0.1, -0.05) is 20.3 Å². The van der Waals surface area contributed by atoms with E-state index in [0.717, 1.165) is 19.6 Å². The Morgan fingerprint density at radius 3 is 2.53 bits per heavy atom. The Bertz CT molecular complexity index is 300. The van der Waals surface area contributed by atoms with E-state index in [-0.39, 0.29) is 6.04 Å². The molecule has 2 rings (SSSR count). The van der Waals surface area contributed by atoms with Crippen LogP contribution in [0.3, 0.4) is 0 Å². The van der Waals surface area contributed by atoms with Gasteiger partial charge >= 0.3 is 0 Å². The molecule has 0 spiro atoms. The number of carbonyl (C=O) groups is 1. The van der Waals surface area contributed by atoms with Crippen LogP contribution in [0, 0.1) is 5.92 Å². The third kappa shape index (κ3) is 3.93. The topological polar surface area (TPSA) is 35.6 Å². The van der Waals surface area contributed by atoms with E-state index in [1.165, 1.54) is 32.4 Å². The summed E-state index contributed by atoms with van der Waals surface area (Å²) in [5.41, 5.74) is 0. The monoisotopic (exact) mass is 267 g/mol. The second-order valence-electron chi connectivity index (χ2n) is 6.55. The van der Waals surface area contributed by atoms with Crippen molar-refractivity contribution in [2.75, 3.05) is 26.3 Å². The number of likely N-dealkylation sites (tertiary alicyclic amines) is 1. The van der Waals surface area contributed by atoms with Crippen molar-refractivity contribution in [1.29, 1.82) is 0 Å². The normalized spacial score (nSPS) is 27.3. The first kappa shape index (κ1) is 14.8. The minimum absolute atomic E-state index is 0.0496. The summed E-state index contributed by atoms with van der Waals surface area (Å²) < 4.78 is 0. The van der Waals surface area contributed by atoms with E-state index < -0.39 is 0 Å². The summed E-state index contributed by atoms with van der Waals surface area (Å²) in [5.74, 6) is 0.874. The largest absolute Gasteiger partial charge is 0.327 e. The number of carbonyl (C=O) groups excluding carboxylic acids is 1. The van der Waals surface area contributed by atoms with Crippen LogP contribution in [0.15, 0.2) is 0 Å². The fourth-order valence-electron chi connectivity index (χ4n) is 3.21. The maximum absolute atomic E-state index is 12.3. The third-order valence-electron chi connectivity index (χ3n) is 4.34. The van der Waals surface area contributed by atoms with Crippen molar-refractivity contribution in [2.45, 2.75) is 58.5 Å². The lowest BCUT2D eigenvalue weighted by Gasteiger charge is -2.34. The van der Waals surface area contributed by atoms with E-state index in [0.29, 0.717) is 17.9 Å². The summed E-state index contributed by atoms with van der Waals surface area (Å²) in [4.78, 5) is 16.8. The van der Waals surface area contributed by atoms with Crippen LogP contribution < -0.4 is 5.32 Å².